The molecule has 4 heteroatoms. The standard InChI is InChI=1S/C14H22N2O2/c1-10-7-8-13(18-3)12(9-10)16-14(17)6-4-5-11(2)15/h7-9,11H,4-6,15H2,1-3H3,(H,16,17). The number of benzene rings is 1. The summed E-state index contributed by atoms with van der Waals surface area (Å²) in [5.41, 5.74) is 7.46. The zero-order valence-electron chi connectivity index (χ0n) is 11.3. The summed E-state index contributed by atoms with van der Waals surface area (Å²) in [6.45, 7) is 3.92. The normalized spacial score (nSPS) is 12.0. The highest BCUT2D eigenvalue weighted by Gasteiger charge is 2.08. The van der Waals surface area contributed by atoms with Crippen LogP contribution < -0.4 is 15.8 Å². The number of anilines is 1. The van der Waals surface area contributed by atoms with Gasteiger partial charge >= 0.3 is 0 Å². The predicted octanol–water partition coefficient (Wildman–Crippen LogP) is 2.46. The number of hydrogen-bond acceptors (Lipinski definition) is 3. The Balaban J connectivity index is 2.55. The highest BCUT2D eigenvalue weighted by atomic mass is 16.5. The Hall–Kier alpha value is -1.55. The van der Waals surface area contributed by atoms with Crippen molar-refractivity contribution in [2.45, 2.75) is 39.2 Å². The number of amides is 1. The van der Waals surface area contributed by atoms with E-state index in [1.54, 1.807) is 7.11 Å². The number of methoxy groups -OCH3 is 1. The van der Waals surface area contributed by atoms with E-state index in [9.17, 15) is 4.79 Å². The molecule has 1 aromatic rings. The molecule has 0 heterocycles. The molecule has 100 valence electrons. The first-order valence-corrected chi connectivity index (χ1v) is 6.23. The van der Waals surface area contributed by atoms with Crippen LogP contribution in [0.3, 0.4) is 0 Å². The SMILES string of the molecule is COc1ccc(C)cc1NC(=O)CCCC(C)N. The molecular weight excluding hydrogens is 228 g/mol. The van der Waals surface area contributed by atoms with Crippen LogP contribution in [0.4, 0.5) is 5.69 Å². The molecule has 0 radical (unpaired) electrons. The molecule has 1 amide bonds. The number of rotatable bonds is 6. The van der Waals surface area contributed by atoms with Crippen LogP contribution in [0.15, 0.2) is 18.2 Å². The van der Waals surface area contributed by atoms with Crippen molar-refractivity contribution in [2.24, 2.45) is 5.73 Å². The van der Waals surface area contributed by atoms with Crippen LogP contribution in [0.5, 0.6) is 5.75 Å². The fourth-order valence-corrected chi connectivity index (χ4v) is 1.72. The first-order valence-electron chi connectivity index (χ1n) is 6.23. The lowest BCUT2D eigenvalue weighted by Gasteiger charge is -2.11. The number of carbonyl (C=O) groups excluding carboxylic acids is 1. The average Bonchev–Trinajstić information content (AvgIpc) is 2.28. The largest absolute Gasteiger partial charge is 0.495 e. The van der Waals surface area contributed by atoms with Crippen LogP contribution in [0.1, 0.15) is 31.7 Å². The van der Waals surface area contributed by atoms with Gasteiger partial charge in [0, 0.05) is 12.5 Å². The number of ether oxygens (including phenoxy) is 1. The molecule has 3 N–H and O–H groups in total. The summed E-state index contributed by atoms with van der Waals surface area (Å²) in [7, 11) is 1.59. The van der Waals surface area contributed by atoms with E-state index < -0.39 is 0 Å². The van der Waals surface area contributed by atoms with Crippen LogP contribution in [0.25, 0.3) is 0 Å². The summed E-state index contributed by atoms with van der Waals surface area (Å²) in [4.78, 5) is 11.8. The van der Waals surface area contributed by atoms with Crippen molar-refractivity contribution >= 4 is 11.6 Å². The van der Waals surface area contributed by atoms with Crippen LogP contribution in [0, 0.1) is 6.92 Å². The van der Waals surface area contributed by atoms with Gasteiger partial charge in [0.05, 0.1) is 12.8 Å². The number of nitrogens with one attached hydrogen (secondary N) is 1. The Kier molecular flexibility index (Phi) is 5.65. The van der Waals surface area contributed by atoms with Crippen molar-refractivity contribution in [3.8, 4) is 5.75 Å². The number of nitrogens with two attached hydrogens (primary N) is 1. The number of hydrogen-bond donors (Lipinski definition) is 2. The summed E-state index contributed by atoms with van der Waals surface area (Å²) in [5.74, 6) is 0.681. The van der Waals surface area contributed by atoms with Gasteiger partial charge in [0.25, 0.3) is 0 Å². The van der Waals surface area contributed by atoms with E-state index in [-0.39, 0.29) is 11.9 Å². The summed E-state index contributed by atoms with van der Waals surface area (Å²) in [5, 5.41) is 2.87. The van der Waals surface area contributed by atoms with Gasteiger partial charge in [-0.2, -0.15) is 0 Å². The van der Waals surface area contributed by atoms with Gasteiger partial charge in [-0.25, -0.2) is 0 Å². The molecule has 0 saturated carbocycles. The van der Waals surface area contributed by atoms with Crippen molar-refractivity contribution in [1.82, 2.24) is 0 Å². The summed E-state index contributed by atoms with van der Waals surface area (Å²) >= 11 is 0. The van der Waals surface area contributed by atoms with Crippen LogP contribution in [-0.2, 0) is 4.79 Å². The van der Waals surface area contributed by atoms with Gasteiger partial charge in [-0.1, -0.05) is 6.07 Å². The van der Waals surface area contributed by atoms with Crippen LogP contribution >= 0.6 is 0 Å². The second kappa shape index (κ2) is 7.01. The van der Waals surface area contributed by atoms with E-state index in [0.717, 1.165) is 24.1 Å². The monoisotopic (exact) mass is 250 g/mol. The molecule has 0 aliphatic carbocycles. The highest BCUT2D eigenvalue weighted by molar-refractivity contribution is 5.92. The van der Waals surface area contributed by atoms with E-state index in [1.807, 2.05) is 32.0 Å². The molecule has 0 bridgehead atoms. The van der Waals surface area contributed by atoms with Crippen molar-refractivity contribution in [3.05, 3.63) is 23.8 Å². The first kappa shape index (κ1) is 14.5. The maximum absolute atomic E-state index is 11.8. The fraction of sp³-hybridized carbons (Fsp3) is 0.500. The maximum Gasteiger partial charge on any atom is 0.224 e. The van der Waals surface area contributed by atoms with Crippen molar-refractivity contribution in [2.75, 3.05) is 12.4 Å². The quantitative estimate of drug-likeness (QED) is 0.815. The molecule has 18 heavy (non-hydrogen) atoms. The lowest BCUT2D eigenvalue weighted by atomic mass is 10.1. The molecule has 4 nitrogen and oxygen atoms in total. The molecule has 1 aromatic carbocycles. The smallest absolute Gasteiger partial charge is 0.224 e. The van der Waals surface area contributed by atoms with Crippen LogP contribution in [0.2, 0.25) is 0 Å². The third-order valence-corrected chi connectivity index (χ3v) is 2.69. The molecule has 0 aliphatic rings. The van der Waals surface area contributed by atoms with E-state index in [0.29, 0.717) is 12.2 Å². The van der Waals surface area contributed by atoms with Gasteiger partial charge in [-0.3, -0.25) is 4.79 Å². The second-order valence-corrected chi connectivity index (χ2v) is 4.62. The van der Waals surface area contributed by atoms with Gasteiger partial charge < -0.3 is 15.8 Å². The molecule has 1 atom stereocenters. The molecule has 0 spiro atoms. The number of aryl methyl sites for hydroxylation is 1. The predicted molar refractivity (Wildman–Crippen MR) is 73.9 cm³/mol. The molecule has 0 fully saturated rings. The summed E-state index contributed by atoms with van der Waals surface area (Å²) in [6, 6.07) is 5.85. The lowest BCUT2D eigenvalue weighted by molar-refractivity contribution is -0.116. The minimum Gasteiger partial charge on any atom is -0.495 e. The Morgan fingerprint density at radius 2 is 2.22 bits per heavy atom. The zero-order valence-corrected chi connectivity index (χ0v) is 11.3. The van der Waals surface area contributed by atoms with E-state index in [4.69, 9.17) is 10.5 Å². The molecule has 0 aliphatic heterocycles. The number of carbonyl (C=O) groups is 1. The minimum absolute atomic E-state index is 0.000417. The lowest BCUT2D eigenvalue weighted by Crippen LogP contribution is -2.17. The second-order valence-electron chi connectivity index (χ2n) is 4.62. The molecule has 0 saturated heterocycles. The zero-order chi connectivity index (χ0) is 13.5. The van der Waals surface area contributed by atoms with E-state index >= 15 is 0 Å². The topological polar surface area (TPSA) is 64.3 Å². The van der Waals surface area contributed by atoms with Gasteiger partial charge in [-0.15, -0.1) is 0 Å². The molecule has 1 unspecified atom stereocenters. The average molecular weight is 250 g/mol. The van der Waals surface area contributed by atoms with Crippen LogP contribution in [-0.4, -0.2) is 19.1 Å². The Bertz CT molecular complexity index is 403. The van der Waals surface area contributed by atoms with Gasteiger partial charge in [0.2, 0.25) is 5.91 Å². The minimum atomic E-state index is -0.000417. The van der Waals surface area contributed by atoms with Gasteiger partial charge in [0.1, 0.15) is 5.75 Å². The van der Waals surface area contributed by atoms with Gasteiger partial charge in [-0.05, 0) is 44.4 Å². The fourth-order valence-electron chi connectivity index (χ4n) is 1.72. The summed E-state index contributed by atoms with van der Waals surface area (Å²) < 4.78 is 5.21. The van der Waals surface area contributed by atoms with Crippen molar-refractivity contribution in [1.29, 1.82) is 0 Å². The maximum atomic E-state index is 11.8. The molecular formula is C14H22N2O2. The van der Waals surface area contributed by atoms with Crippen molar-refractivity contribution < 1.29 is 9.53 Å². The first-order chi connectivity index (χ1) is 8.52. The Labute approximate surface area is 109 Å². The Morgan fingerprint density at radius 1 is 1.50 bits per heavy atom. The Morgan fingerprint density at radius 3 is 2.83 bits per heavy atom. The van der Waals surface area contributed by atoms with Crippen molar-refractivity contribution in [3.63, 3.8) is 0 Å². The van der Waals surface area contributed by atoms with E-state index in [1.165, 1.54) is 0 Å². The third-order valence-electron chi connectivity index (χ3n) is 2.69. The van der Waals surface area contributed by atoms with Gasteiger partial charge in [0.15, 0.2) is 0 Å². The van der Waals surface area contributed by atoms with E-state index in [2.05, 4.69) is 5.32 Å². The molecule has 0 aromatic heterocycles. The third kappa shape index (κ3) is 4.75. The highest BCUT2D eigenvalue weighted by Crippen LogP contribution is 2.25. The summed E-state index contributed by atoms with van der Waals surface area (Å²) in [6.07, 6.45) is 2.15. The molecule has 1 rings (SSSR count).